The van der Waals surface area contributed by atoms with Crippen LogP contribution in [0.15, 0.2) is 36.7 Å². The topological polar surface area (TPSA) is 81.9 Å². The molecule has 2 aromatic heterocycles. The van der Waals surface area contributed by atoms with Crippen molar-refractivity contribution in [3.63, 3.8) is 0 Å². The van der Waals surface area contributed by atoms with Crippen LogP contribution in [-0.4, -0.2) is 32.0 Å². The van der Waals surface area contributed by atoms with Gasteiger partial charge >= 0.3 is 0 Å². The van der Waals surface area contributed by atoms with Crippen molar-refractivity contribution >= 4 is 11.6 Å². The SMILES string of the molecule is Cc1nc(C)n(-c2ncc(NC(=O)COc3ccccc3F)cn2)c1C. The molecular weight excluding hydrogens is 337 g/mol. The molecule has 1 aromatic carbocycles. The van der Waals surface area contributed by atoms with Gasteiger partial charge in [-0.25, -0.2) is 19.3 Å². The molecule has 3 aromatic rings. The van der Waals surface area contributed by atoms with E-state index in [9.17, 15) is 9.18 Å². The predicted molar refractivity (Wildman–Crippen MR) is 93.9 cm³/mol. The number of ether oxygens (including phenoxy) is 1. The first-order valence-corrected chi connectivity index (χ1v) is 7.98. The Balaban J connectivity index is 1.64. The van der Waals surface area contributed by atoms with Crippen molar-refractivity contribution in [3.8, 4) is 11.7 Å². The van der Waals surface area contributed by atoms with Crippen molar-refractivity contribution in [2.24, 2.45) is 0 Å². The van der Waals surface area contributed by atoms with Crippen molar-refractivity contribution in [1.82, 2.24) is 19.5 Å². The minimum absolute atomic E-state index is 0.0238. The third-order valence-corrected chi connectivity index (χ3v) is 3.83. The zero-order valence-electron chi connectivity index (χ0n) is 14.7. The smallest absolute Gasteiger partial charge is 0.262 e. The summed E-state index contributed by atoms with van der Waals surface area (Å²) in [6.07, 6.45) is 3.00. The molecule has 0 saturated carbocycles. The van der Waals surface area contributed by atoms with Gasteiger partial charge in [-0.2, -0.15) is 0 Å². The fourth-order valence-electron chi connectivity index (χ4n) is 2.48. The standard InChI is InChI=1S/C18H18FN5O2/c1-11-12(2)24(13(3)22-11)18-20-8-14(9-21-18)23-17(25)10-26-16-7-5-4-6-15(16)19/h4-9H,10H2,1-3H3,(H,23,25). The Labute approximate surface area is 149 Å². The highest BCUT2D eigenvalue weighted by atomic mass is 19.1. The number of rotatable bonds is 5. The molecule has 0 fully saturated rings. The highest BCUT2D eigenvalue weighted by Crippen LogP contribution is 2.16. The minimum Gasteiger partial charge on any atom is -0.481 e. The number of carbonyl (C=O) groups excluding carboxylic acids is 1. The molecule has 0 saturated heterocycles. The van der Waals surface area contributed by atoms with E-state index >= 15 is 0 Å². The average molecular weight is 355 g/mol. The van der Waals surface area contributed by atoms with Crippen molar-refractivity contribution in [3.05, 3.63) is 59.7 Å². The molecule has 0 unspecified atom stereocenters. The Bertz CT molecular complexity index is 937. The molecule has 7 nitrogen and oxygen atoms in total. The summed E-state index contributed by atoms with van der Waals surface area (Å²) in [6, 6.07) is 5.90. The minimum atomic E-state index is -0.519. The number of hydrogen-bond donors (Lipinski definition) is 1. The van der Waals surface area contributed by atoms with Crippen LogP contribution in [0, 0.1) is 26.6 Å². The fourth-order valence-corrected chi connectivity index (χ4v) is 2.48. The normalized spacial score (nSPS) is 10.6. The van der Waals surface area contributed by atoms with Crippen LogP contribution in [-0.2, 0) is 4.79 Å². The lowest BCUT2D eigenvalue weighted by atomic mass is 10.3. The summed E-state index contributed by atoms with van der Waals surface area (Å²) in [7, 11) is 0. The van der Waals surface area contributed by atoms with Gasteiger partial charge in [-0.15, -0.1) is 0 Å². The van der Waals surface area contributed by atoms with Crippen molar-refractivity contribution < 1.29 is 13.9 Å². The molecule has 0 aliphatic carbocycles. The largest absolute Gasteiger partial charge is 0.481 e. The number of halogens is 1. The molecule has 0 aliphatic heterocycles. The van der Waals surface area contributed by atoms with Crippen molar-refractivity contribution in [2.75, 3.05) is 11.9 Å². The number of nitrogens with zero attached hydrogens (tertiary/aromatic N) is 4. The van der Waals surface area contributed by atoms with E-state index in [0.717, 1.165) is 17.2 Å². The van der Waals surface area contributed by atoms with Crippen LogP contribution in [0.3, 0.4) is 0 Å². The molecule has 3 rings (SSSR count). The van der Waals surface area contributed by atoms with Crippen LogP contribution in [0.5, 0.6) is 5.75 Å². The number of para-hydroxylation sites is 1. The second-order valence-electron chi connectivity index (χ2n) is 5.70. The molecular formula is C18H18FN5O2. The second-order valence-corrected chi connectivity index (χ2v) is 5.70. The monoisotopic (exact) mass is 355 g/mol. The van der Waals surface area contributed by atoms with Gasteiger partial charge in [0.2, 0.25) is 5.95 Å². The number of amides is 1. The fraction of sp³-hybridized carbons (Fsp3) is 0.222. The molecule has 1 N–H and O–H groups in total. The number of nitrogens with one attached hydrogen (secondary N) is 1. The Morgan fingerprint density at radius 3 is 2.50 bits per heavy atom. The van der Waals surface area contributed by atoms with E-state index in [4.69, 9.17) is 4.74 Å². The van der Waals surface area contributed by atoms with Crippen LogP contribution >= 0.6 is 0 Å². The van der Waals surface area contributed by atoms with E-state index in [1.54, 1.807) is 12.1 Å². The summed E-state index contributed by atoms with van der Waals surface area (Å²) in [4.78, 5) is 24.8. The summed E-state index contributed by atoms with van der Waals surface area (Å²) in [5, 5.41) is 2.61. The number of imidazole rings is 1. The summed E-state index contributed by atoms with van der Waals surface area (Å²) in [5.74, 6) is 0.330. The molecule has 1 amide bonds. The lowest BCUT2D eigenvalue weighted by Crippen LogP contribution is -2.20. The van der Waals surface area contributed by atoms with E-state index in [2.05, 4.69) is 20.3 Å². The van der Waals surface area contributed by atoms with E-state index in [0.29, 0.717) is 11.6 Å². The Morgan fingerprint density at radius 1 is 1.19 bits per heavy atom. The highest BCUT2D eigenvalue weighted by molar-refractivity contribution is 5.91. The number of benzene rings is 1. The zero-order valence-corrected chi connectivity index (χ0v) is 14.7. The number of carbonyl (C=O) groups is 1. The maximum Gasteiger partial charge on any atom is 0.262 e. The van der Waals surface area contributed by atoms with Crippen LogP contribution in [0.1, 0.15) is 17.2 Å². The van der Waals surface area contributed by atoms with Gasteiger partial charge in [-0.05, 0) is 32.9 Å². The maximum absolute atomic E-state index is 13.5. The van der Waals surface area contributed by atoms with E-state index < -0.39 is 11.7 Å². The molecule has 2 heterocycles. The average Bonchev–Trinajstić information content (AvgIpc) is 2.87. The second kappa shape index (κ2) is 7.30. The number of anilines is 1. The Hall–Kier alpha value is -3.29. The van der Waals surface area contributed by atoms with Gasteiger partial charge in [0.25, 0.3) is 5.91 Å². The zero-order chi connectivity index (χ0) is 18.7. The van der Waals surface area contributed by atoms with Gasteiger partial charge in [-0.3, -0.25) is 9.36 Å². The number of hydrogen-bond acceptors (Lipinski definition) is 5. The summed E-state index contributed by atoms with van der Waals surface area (Å²) in [5.41, 5.74) is 2.29. The van der Waals surface area contributed by atoms with Crippen molar-refractivity contribution in [2.45, 2.75) is 20.8 Å². The van der Waals surface area contributed by atoms with Gasteiger partial charge in [0.15, 0.2) is 18.2 Å². The van der Waals surface area contributed by atoms with Gasteiger partial charge in [-0.1, -0.05) is 12.1 Å². The summed E-state index contributed by atoms with van der Waals surface area (Å²) < 4.78 is 20.4. The number of aromatic nitrogens is 4. The first-order chi connectivity index (χ1) is 12.5. The first-order valence-electron chi connectivity index (χ1n) is 7.98. The summed E-state index contributed by atoms with van der Waals surface area (Å²) >= 11 is 0. The molecule has 8 heteroatoms. The van der Waals surface area contributed by atoms with Crippen LogP contribution in [0.4, 0.5) is 10.1 Å². The van der Waals surface area contributed by atoms with Gasteiger partial charge in [0.1, 0.15) is 5.82 Å². The molecule has 0 radical (unpaired) electrons. The van der Waals surface area contributed by atoms with Gasteiger partial charge in [0.05, 0.1) is 23.8 Å². The lowest BCUT2D eigenvalue weighted by molar-refractivity contribution is -0.118. The highest BCUT2D eigenvalue weighted by Gasteiger charge is 2.12. The van der Waals surface area contributed by atoms with Crippen LogP contribution in [0.25, 0.3) is 5.95 Å². The first kappa shape index (κ1) is 17.5. The summed E-state index contributed by atoms with van der Waals surface area (Å²) in [6.45, 7) is 5.41. The van der Waals surface area contributed by atoms with Crippen molar-refractivity contribution in [1.29, 1.82) is 0 Å². The maximum atomic E-state index is 13.5. The van der Waals surface area contributed by atoms with Gasteiger partial charge < -0.3 is 10.1 Å². The third kappa shape index (κ3) is 3.69. The van der Waals surface area contributed by atoms with E-state index in [-0.39, 0.29) is 12.4 Å². The lowest BCUT2D eigenvalue weighted by Gasteiger charge is -2.09. The Morgan fingerprint density at radius 2 is 1.88 bits per heavy atom. The van der Waals surface area contributed by atoms with Crippen LogP contribution < -0.4 is 10.1 Å². The third-order valence-electron chi connectivity index (χ3n) is 3.83. The number of aryl methyl sites for hydroxylation is 2. The molecule has 26 heavy (non-hydrogen) atoms. The van der Waals surface area contributed by atoms with Crippen LogP contribution in [0.2, 0.25) is 0 Å². The Kier molecular flexibility index (Phi) is 4.92. The molecule has 134 valence electrons. The molecule has 0 bridgehead atoms. The van der Waals surface area contributed by atoms with E-state index in [1.807, 2.05) is 25.3 Å². The predicted octanol–water partition coefficient (Wildman–Crippen LogP) is 2.74. The molecule has 0 aliphatic rings. The molecule has 0 spiro atoms. The van der Waals surface area contributed by atoms with Gasteiger partial charge in [0, 0.05) is 5.69 Å². The van der Waals surface area contributed by atoms with E-state index in [1.165, 1.54) is 24.5 Å². The quantitative estimate of drug-likeness (QED) is 0.761. The molecule has 0 atom stereocenters.